The summed E-state index contributed by atoms with van der Waals surface area (Å²) in [5, 5.41) is 16.8. The van der Waals surface area contributed by atoms with Crippen LogP contribution in [0, 0.1) is 12.3 Å². The summed E-state index contributed by atoms with van der Waals surface area (Å²) in [6.07, 6.45) is -1.96. The monoisotopic (exact) mass is 816 g/mol. The van der Waals surface area contributed by atoms with Gasteiger partial charge in [0, 0.05) is 34.1 Å². The number of carbonyl (C=O) groups excluding carboxylic acids is 4. The Bertz CT molecular complexity index is 2070. The van der Waals surface area contributed by atoms with Crippen molar-refractivity contribution in [2.24, 2.45) is 0 Å². The van der Waals surface area contributed by atoms with Crippen molar-refractivity contribution in [3.63, 3.8) is 0 Å². The first-order chi connectivity index (χ1) is 25.7. The smallest absolute Gasteiger partial charge is 0.422 e. The van der Waals surface area contributed by atoms with Crippen molar-refractivity contribution >= 4 is 68.8 Å². The van der Waals surface area contributed by atoms with Crippen molar-refractivity contribution in [1.29, 1.82) is 5.41 Å². The molecule has 6 N–H and O–H groups in total. The molecule has 16 nitrogen and oxygen atoms in total. The number of nitrogens with one attached hydrogen (secondary N) is 6. The van der Waals surface area contributed by atoms with Crippen LogP contribution in [0.4, 0.5) is 26.7 Å². The maximum atomic E-state index is 13.6. The van der Waals surface area contributed by atoms with E-state index in [2.05, 4.69) is 20.7 Å². The number of halogens is 1. The number of aryl methyl sites for hydroxylation is 1. The number of alkyl carbamates (subject to hydrolysis) is 1. The highest BCUT2D eigenvalue weighted by Crippen LogP contribution is 2.31. The molecule has 3 aromatic carbocycles. The van der Waals surface area contributed by atoms with Crippen LogP contribution in [-0.4, -0.2) is 61.7 Å². The molecule has 0 bridgehead atoms. The molecule has 3 amide bonds. The number of amides is 3. The summed E-state index contributed by atoms with van der Waals surface area (Å²) < 4.78 is 51.3. The molecule has 0 aliphatic rings. The highest BCUT2D eigenvalue weighted by molar-refractivity contribution is 7.91. The molecule has 0 aliphatic carbocycles. The second kappa shape index (κ2) is 17.9. The second-order valence-electron chi connectivity index (χ2n) is 15.4. The number of esters is 1. The Balaban J connectivity index is 1.86. The summed E-state index contributed by atoms with van der Waals surface area (Å²) in [6, 6.07) is 13.7. The van der Waals surface area contributed by atoms with Crippen molar-refractivity contribution in [1.82, 2.24) is 10.0 Å². The zero-order valence-electron chi connectivity index (χ0n) is 33.0. The molecule has 3 rings (SSSR count). The second-order valence-corrected chi connectivity index (χ2v) is 17.3. The Labute approximate surface area is 332 Å². The Morgan fingerprint density at radius 3 is 1.95 bits per heavy atom. The zero-order chi connectivity index (χ0) is 42.2. The normalized spacial score (nSPS) is 11.8. The summed E-state index contributed by atoms with van der Waals surface area (Å²) in [4.78, 5) is 50.4. The maximum absolute atomic E-state index is 13.6. The molecule has 0 spiro atoms. The number of carbonyl (C=O) groups is 4. The highest BCUT2D eigenvalue weighted by atomic mass is 35.5. The fourth-order valence-electron chi connectivity index (χ4n) is 4.78. The van der Waals surface area contributed by atoms with Gasteiger partial charge in [0.2, 0.25) is 0 Å². The molecule has 0 atom stereocenters. The van der Waals surface area contributed by atoms with Crippen molar-refractivity contribution in [3.05, 3.63) is 81.9 Å². The molecule has 0 saturated heterocycles. The van der Waals surface area contributed by atoms with Crippen LogP contribution in [0.2, 0.25) is 5.02 Å². The summed E-state index contributed by atoms with van der Waals surface area (Å²) in [7, 11) is -4.45. The van der Waals surface area contributed by atoms with Crippen molar-refractivity contribution < 1.29 is 46.5 Å². The van der Waals surface area contributed by atoms with Crippen LogP contribution in [0.5, 0.6) is 5.75 Å². The van der Waals surface area contributed by atoms with E-state index in [1.165, 1.54) is 30.3 Å². The minimum absolute atomic E-state index is 0.0480. The lowest BCUT2D eigenvalue weighted by molar-refractivity contribution is -0.157. The van der Waals surface area contributed by atoms with Gasteiger partial charge in [-0.3, -0.25) is 20.2 Å². The van der Waals surface area contributed by atoms with Gasteiger partial charge in [-0.1, -0.05) is 11.6 Å². The molecule has 0 fully saturated rings. The number of hydrogen-bond acceptors (Lipinski definition) is 12. The van der Waals surface area contributed by atoms with Crippen LogP contribution in [0.25, 0.3) is 0 Å². The Kier molecular flexibility index (Phi) is 14.4. The lowest BCUT2D eigenvalue weighted by atomic mass is 10.1. The SMILES string of the molecule is Cc1cc(NS(=O)(=O)NC(=O)OC(C)(C)C)cc(CNc2ccc(Cl)cc2C(=O)Nc2ccc(C(=N)NC(=O)OC(C)(C)C)cc2)c1OCC(=O)OC(C)(C)C. The predicted molar refractivity (Wildman–Crippen MR) is 214 cm³/mol. The van der Waals surface area contributed by atoms with Crippen LogP contribution >= 0.6 is 11.6 Å². The summed E-state index contributed by atoms with van der Waals surface area (Å²) in [5.74, 6) is -1.14. The van der Waals surface area contributed by atoms with E-state index in [4.69, 9.17) is 36.0 Å². The number of anilines is 3. The molecule has 0 unspecified atom stereocenters. The average molecular weight is 817 g/mol. The average Bonchev–Trinajstić information content (AvgIpc) is 3.00. The fraction of sp³-hybridized carbons (Fsp3) is 0.395. The maximum Gasteiger partial charge on any atom is 0.422 e. The van der Waals surface area contributed by atoms with E-state index in [0.717, 1.165) is 0 Å². The molecule has 0 aliphatic heterocycles. The standard InChI is InChI=1S/C38H49ClN6O10S/c1-22-17-27(44-56(50,51)45-35(49)55-38(8,9)10)18-24(31(22)52-21-30(46)53-36(2,3)4)20-41-29-16-13-25(39)19-28(29)33(47)42-26-14-11-23(12-15-26)32(40)43-34(48)54-37(5,6)7/h11-19,41,44H,20-21H2,1-10H3,(H,42,47)(H,45,49)(H2,40,43,48). The van der Waals surface area contributed by atoms with Gasteiger partial charge in [-0.2, -0.15) is 8.42 Å². The lowest BCUT2D eigenvalue weighted by Crippen LogP contribution is -2.39. The van der Waals surface area contributed by atoms with E-state index in [1.54, 1.807) is 98.2 Å². The molecule has 3 aromatic rings. The number of rotatable bonds is 12. The van der Waals surface area contributed by atoms with Crippen LogP contribution in [0.3, 0.4) is 0 Å². The molecule has 0 aromatic heterocycles. The molecule has 0 heterocycles. The van der Waals surface area contributed by atoms with Crippen LogP contribution in [0.15, 0.2) is 54.6 Å². The van der Waals surface area contributed by atoms with Gasteiger partial charge in [0.1, 0.15) is 28.4 Å². The first-order valence-electron chi connectivity index (χ1n) is 17.2. The number of benzene rings is 3. The van der Waals surface area contributed by atoms with Crippen molar-refractivity contribution in [2.75, 3.05) is 22.0 Å². The van der Waals surface area contributed by atoms with Crippen LogP contribution in [0.1, 0.15) is 89.4 Å². The molecule has 0 radical (unpaired) electrons. The molecule has 56 heavy (non-hydrogen) atoms. The van der Waals surface area contributed by atoms with Gasteiger partial charge in [0.25, 0.3) is 5.91 Å². The Morgan fingerprint density at radius 2 is 1.36 bits per heavy atom. The van der Waals surface area contributed by atoms with E-state index in [9.17, 15) is 27.6 Å². The van der Waals surface area contributed by atoms with E-state index in [0.29, 0.717) is 28.1 Å². The minimum atomic E-state index is -4.45. The number of amidine groups is 1. The van der Waals surface area contributed by atoms with E-state index in [-0.39, 0.29) is 34.4 Å². The highest BCUT2D eigenvalue weighted by Gasteiger charge is 2.24. The first kappa shape index (κ1) is 44.8. The fourth-order valence-corrected chi connectivity index (χ4v) is 5.69. The molecule has 0 saturated carbocycles. The Hall–Kier alpha value is -5.55. The number of ether oxygens (including phenoxy) is 4. The van der Waals surface area contributed by atoms with E-state index in [1.807, 2.05) is 0 Å². The van der Waals surface area contributed by atoms with Gasteiger partial charge >= 0.3 is 28.4 Å². The summed E-state index contributed by atoms with van der Waals surface area (Å²) >= 11 is 6.29. The quantitative estimate of drug-likeness (QED) is 0.0462. The van der Waals surface area contributed by atoms with Gasteiger partial charge in [0.15, 0.2) is 6.61 Å². The molecular weight excluding hydrogens is 768 g/mol. The van der Waals surface area contributed by atoms with E-state index >= 15 is 0 Å². The van der Waals surface area contributed by atoms with Crippen molar-refractivity contribution in [3.8, 4) is 5.75 Å². The van der Waals surface area contributed by atoms with E-state index < -0.39 is 57.7 Å². The minimum Gasteiger partial charge on any atom is -0.481 e. The van der Waals surface area contributed by atoms with Crippen LogP contribution in [-0.2, 0) is 35.8 Å². The molecular formula is C38H49ClN6O10S. The topological polar surface area (TPSA) is 223 Å². The largest absolute Gasteiger partial charge is 0.481 e. The third-order valence-electron chi connectivity index (χ3n) is 6.73. The van der Waals surface area contributed by atoms with Gasteiger partial charge in [-0.25, -0.2) is 19.1 Å². The van der Waals surface area contributed by atoms with Gasteiger partial charge < -0.3 is 29.6 Å². The summed E-state index contributed by atoms with van der Waals surface area (Å²) in [6.45, 7) is 16.1. The van der Waals surface area contributed by atoms with Gasteiger partial charge in [0.05, 0.1) is 11.3 Å². The molecule has 304 valence electrons. The van der Waals surface area contributed by atoms with Gasteiger partial charge in [-0.05, 0) is 129 Å². The molecule has 18 heteroatoms. The zero-order valence-corrected chi connectivity index (χ0v) is 34.6. The van der Waals surface area contributed by atoms with Gasteiger partial charge in [-0.15, -0.1) is 0 Å². The summed E-state index contributed by atoms with van der Waals surface area (Å²) in [5.41, 5.74) is -0.393. The lowest BCUT2D eigenvalue weighted by Gasteiger charge is -2.22. The number of hydrogen-bond donors (Lipinski definition) is 6. The third kappa shape index (κ3) is 15.3. The third-order valence-corrected chi connectivity index (χ3v) is 7.90. The Morgan fingerprint density at radius 1 is 0.768 bits per heavy atom. The van der Waals surface area contributed by atoms with Crippen molar-refractivity contribution in [2.45, 2.75) is 92.6 Å². The van der Waals surface area contributed by atoms with Crippen LogP contribution < -0.4 is 30.1 Å². The predicted octanol–water partition coefficient (Wildman–Crippen LogP) is 7.26. The first-order valence-corrected chi connectivity index (χ1v) is 19.1.